The summed E-state index contributed by atoms with van der Waals surface area (Å²) >= 11 is 0. The van der Waals surface area contributed by atoms with E-state index in [0.717, 1.165) is 0 Å². The molecule has 0 saturated carbocycles. The summed E-state index contributed by atoms with van der Waals surface area (Å²) in [5, 5.41) is 2.46. The maximum atomic E-state index is 13.6. The molecule has 1 aromatic carbocycles. The highest BCUT2D eigenvalue weighted by atomic mass is 19.1. The quantitative estimate of drug-likeness (QED) is 0.565. The lowest BCUT2D eigenvalue weighted by Crippen LogP contribution is -2.40. The molecule has 2 rings (SSSR count). The van der Waals surface area contributed by atoms with Crippen LogP contribution in [0.4, 0.5) is 4.39 Å². The van der Waals surface area contributed by atoms with Crippen LogP contribution in [0.5, 0.6) is 5.75 Å². The number of aldehydes is 1. The summed E-state index contributed by atoms with van der Waals surface area (Å²) in [5.74, 6) is -1.81. The molecule has 0 aliphatic rings. The van der Waals surface area contributed by atoms with E-state index in [1.165, 1.54) is 37.6 Å². The second-order valence-corrected chi connectivity index (χ2v) is 7.39. The van der Waals surface area contributed by atoms with Gasteiger partial charge in [-0.2, -0.15) is 0 Å². The van der Waals surface area contributed by atoms with Gasteiger partial charge in [0.25, 0.3) is 5.91 Å². The predicted octanol–water partition coefficient (Wildman–Crippen LogP) is 2.78. The largest absolute Gasteiger partial charge is 0.424 e. The fraction of sp³-hybridized carbons (Fsp3) is 0.333. The molecule has 0 saturated heterocycles. The molecule has 8 heteroatoms. The second-order valence-electron chi connectivity index (χ2n) is 7.39. The van der Waals surface area contributed by atoms with E-state index in [4.69, 9.17) is 9.47 Å². The summed E-state index contributed by atoms with van der Waals surface area (Å²) in [7, 11) is 1.39. The molecule has 1 heterocycles. The molecule has 0 aliphatic heterocycles. The van der Waals surface area contributed by atoms with Gasteiger partial charge in [-0.05, 0) is 44.5 Å². The standard InChI is InChI=1S/C21H23FN2O5/c1-21(2,3)20(27)29-17-9-14(13-6-5-7-15(22)8-13)10-23-18(17)19(26)24-16(11-25)12-28-4/h5-11,16H,12H2,1-4H3,(H,24,26). The number of benzene rings is 1. The number of hydrogen-bond acceptors (Lipinski definition) is 6. The summed E-state index contributed by atoms with van der Waals surface area (Å²) in [4.78, 5) is 40.2. The Morgan fingerprint density at radius 1 is 1.24 bits per heavy atom. The van der Waals surface area contributed by atoms with E-state index in [1.807, 2.05) is 0 Å². The number of methoxy groups -OCH3 is 1. The lowest BCUT2D eigenvalue weighted by Gasteiger charge is -2.19. The third kappa shape index (κ3) is 5.92. The number of carbonyl (C=O) groups is 3. The zero-order valence-electron chi connectivity index (χ0n) is 16.7. The minimum Gasteiger partial charge on any atom is -0.424 e. The number of aromatic nitrogens is 1. The van der Waals surface area contributed by atoms with Gasteiger partial charge in [0.05, 0.1) is 12.0 Å². The molecule has 29 heavy (non-hydrogen) atoms. The number of esters is 1. The van der Waals surface area contributed by atoms with Crippen molar-refractivity contribution in [3.05, 3.63) is 48.0 Å². The molecule has 154 valence electrons. The lowest BCUT2D eigenvalue weighted by atomic mass is 9.97. The normalized spacial score (nSPS) is 12.2. The van der Waals surface area contributed by atoms with Crippen molar-refractivity contribution in [1.82, 2.24) is 10.3 Å². The average molecular weight is 402 g/mol. The predicted molar refractivity (Wildman–Crippen MR) is 104 cm³/mol. The Labute approximate surface area is 168 Å². The first-order valence-corrected chi connectivity index (χ1v) is 8.89. The highest BCUT2D eigenvalue weighted by molar-refractivity contribution is 5.97. The highest BCUT2D eigenvalue weighted by Gasteiger charge is 2.27. The molecule has 1 aromatic heterocycles. The number of rotatable bonds is 7. The van der Waals surface area contributed by atoms with E-state index < -0.39 is 29.2 Å². The van der Waals surface area contributed by atoms with Crippen LogP contribution in [0.2, 0.25) is 0 Å². The van der Waals surface area contributed by atoms with Crippen LogP contribution in [-0.4, -0.2) is 42.9 Å². The van der Waals surface area contributed by atoms with Crippen LogP contribution in [0, 0.1) is 11.2 Å². The first-order chi connectivity index (χ1) is 13.7. The molecule has 0 radical (unpaired) electrons. The van der Waals surface area contributed by atoms with E-state index in [-0.39, 0.29) is 18.1 Å². The summed E-state index contributed by atoms with van der Waals surface area (Å²) in [6.45, 7) is 4.98. The fourth-order valence-corrected chi connectivity index (χ4v) is 2.30. The number of carbonyl (C=O) groups excluding carboxylic acids is 3. The SMILES string of the molecule is COCC(C=O)NC(=O)c1ncc(-c2cccc(F)c2)cc1OC(=O)C(C)(C)C. The van der Waals surface area contributed by atoms with Crippen molar-refractivity contribution in [2.75, 3.05) is 13.7 Å². The number of nitrogens with zero attached hydrogens (tertiary/aromatic N) is 1. The van der Waals surface area contributed by atoms with Gasteiger partial charge in [0, 0.05) is 18.9 Å². The first kappa shape index (κ1) is 22.2. The number of hydrogen-bond donors (Lipinski definition) is 1. The van der Waals surface area contributed by atoms with Crippen LogP contribution in [0.25, 0.3) is 11.1 Å². The van der Waals surface area contributed by atoms with Crippen LogP contribution in [0.1, 0.15) is 31.3 Å². The third-order valence-corrected chi connectivity index (χ3v) is 3.87. The second kappa shape index (κ2) is 9.38. The maximum absolute atomic E-state index is 13.6. The molecule has 1 atom stereocenters. The van der Waals surface area contributed by atoms with Crippen molar-refractivity contribution in [3.63, 3.8) is 0 Å². The van der Waals surface area contributed by atoms with Gasteiger partial charge in [0.15, 0.2) is 11.4 Å². The van der Waals surface area contributed by atoms with Gasteiger partial charge in [-0.15, -0.1) is 0 Å². The lowest BCUT2D eigenvalue weighted by molar-refractivity contribution is -0.143. The fourth-order valence-electron chi connectivity index (χ4n) is 2.30. The molecule has 2 aromatic rings. The number of nitrogens with one attached hydrogen (secondary N) is 1. The van der Waals surface area contributed by atoms with Crippen molar-refractivity contribution in [3.8, 4) is 16.9 Å². The van der Waals surface area contributed by atoms with Gasteiger partial charge in [0.1, 0.15) is 18.1 Å². The Hall–Kier alpha value is -3.13. The number of amides is 1. The van der Waals surface area contributed by atoms with Crippen LogP contribution in [0.15, 0.2) is 36.5 Å². The minimum absolute atomic E-state index is 0.0201. The molecule has 1 amide bonds. The van der Waals surface area contributed by atoms with Crippen molar-refractivity contribution in [1.29, 1.82) is 0 Å². The van der Waals surface area contributed by atoms with Gasteiger partial charge in [-0.1, -0.05) is 12.1 Å². The van der Waals surface area contributed by atoms with Crippen LogP contribution < -0.4 is 10.1 Å². The smallest absolute Gasteiger partial charge is 0.316 e. The third-order valence-electron chi connectivity index (χ3n) is 3.87. The van der Waals surface area contributed by atoms with Gasteiger partial charge in [-0.25, -0.2) is 9.37 Å². The summed E-state index contributed by atoms with van der Waals surface area (Å²) in [6.07, 6.45) is 1.90. The van der Waals surface area contributed by atoms with Crippen molar-refractivity contribution in [2.45, 2.75) is 26.8 Å². The Morgan fingerprint density at radius 2 is 1.97 bits per heavy atom. The molecular weight excluding hydrogens is 379 g/mol. The monoisotopic (exact) mass is 402 g/mol. The number of halogens is 1. The maximum Gasteiger partial charge on any atom is 0.316 e. The van der Waals surface area contributed by atoms with E-state index in [2.05, 4.69) is 10.3 Å². The van der Waals surface area contributed by atoms with Gasteiger partial charge < -0.3 is 19.6 Å². The van der Waals surface area contributed by atoms with Gasteiger partial charge in [-0.3, -0.25) is 9.59 Å². The summed E-state index contributed by atoms with van der Waals surface area (Å²) in [6, 6.07) is 6.35. The van der Waals surface area contributed by atoms with E-state index in [1.54, 1.807) is 26.8 Å². The molecular formula is C21H23FN2O5. The molecule has 0 fully saturated rings. The summed E-state index contributed by atoms with van der Waals surface area (Å²) < 4.78 is 23.9. The Balaban J connectivity index is 2.45. The summed E-state index contributed by atoms with van der Waals surface area (Å²) in [5.41, 5.74) is -0.0424. The zero-order valence-corrected chi connectivity index (χ0v) is 16.7. The first-order valence-electron chi connectivity index (χ1n) is 8.89. The molecule has 7 nitrogen and oxygen atoms in total. The van der Waals surface area contributed by atoms with Crippen molar-refractivity contribution >= 4 is 18.2 Å². The number of pyridine rings is 1. The van der Waals surface area contributed by atoms with Gasteiger partial charge in [0.2, 0.25) is 0 Å². The van der Waals surface area contributed by atoms with E-state index in [9.17, 15) is 18.8 Å². The molecule has 0 spiro atoms. The zero-order chi connectivity index (χ0) is 21.6. The van der Waals surface area contributed by atoms with Crippen molar-refractivity contribution < 1.29 is 28.2 Å². The molecule has 0 aliphatic carbocycles. The highest BCUT2D eigenvalue weighted by Crippen LogP contribution is 2.28. The average Bonchev–Trinajstić information content (AvgIpc) is 2.66. The minimum atomic E-state index is -0.886. The molecule has 0 bridgehead atoms. The topological polar surface area (TPSA) is 94.6 Å². The van der Waals surface area contributed by atoms with E-state index >= 15 is 0 Å². The Bertz CT molecular complexity index is 908. The van der Waals surface area contributed by atoms with Crippen LogP contribution in [-0.2, 0) is 14.3 Å². The van der Waals surface area contributed by atoms with Gasteiger partial charge >= 0.3 is 5.97 Å². The van der Waals surface area contributed by atoms with Crippen LogP contribution in [0.3, 0.4) is 0 Å². The Kier molecular flexibility index (Phi) is 7.17. The molecule has 1 N–H and O–H groups in total. The van der Waals surface area contributed by atoms with E-state index in [0.29, 0.717) is 17.4 Å². The van der Waals surface area contributed by atoms with Crippen LogP contribution >= 0.6 is 0 Å². The van der Waals surface area contributed by atoms with Crippen molar-refractivity contribution in [2.24, 2.45) is 5.41 Å². The molecule has 1 unspecified atom stereocenters. The Morgan fingerprint density at radius 3 is 2.55 bits per heavy atom. The number of ether oxygens (including phenoxy) is 2.